The molecule has 1 aromatic heterocycles. The lowest BCUT2D eigenvalue weighted by Crippen LogP contribution is -2.34. The minimum absolute atomic E-state index is 0.891. The molecule has 1 aromatic rings. The van der Waals surface area contributed by atoms with Crippen LogP contribution in [0.15, 0.2) is 6.20 Å². The van der Waals surface area contributed by atoms with Crippen molar-refractivity contribution in [3.05, 3.63) is 11.9 Å². The summed E-state index contributed by atoms with van der Waals surface area (Å²) in [7, 11) is 0. The Morgan fingerprint density at radius 2 is 2.12 bits per heavy atom. The first kappa shape index (κ1) is 11.6. The molecule has 0 unspecified atom stereocenters. The molecule has 1 aliphatic rings. The molecule has 1 saturated heterocycles. The van der Waals surface area contributed by atoms with E-state index >= 15 is 0 Å². The van der Waals surface area contributed by atoms with Gasteiger partial charge in [-0.3, -0.25) is 4.90 Å². The van der Waals surface area contributed by atoms with Crippen LogP contribution in [0.25, 0.3) is 0 Å². The molecule has 0 spiro atoms. The highest BCUT2D eigenvalue weighted by molar-refractivity contribution is 4.91. The predicted octanol–water partition coefficient (Wildman–Crippen LogP) is 1.92. The second-order valence-electron chi connectivity index (χ2n) is 4.94. The van der Waals surface area contributed by atoms with Crippen LogP contribution in [-0.4, -0.2) is 33.0 Å². The van der Waals surface area contributed by atoms with Gasteiger partial charge in [-0.15, -0.1) is 5.10 Å². The number of rotatable bonds is 4. The summed E-state index contributed by atoms with van der Waals surface area (Å²) in [6.07, 6.45) is 6.89. The Bertz CT molecular complexity index is 313. The topological polar surface area (TPSA) is 34.0 Å². The molecule has 2 heterocycles. The molecule has 16 heavy (non-hydrogen) atoms. The van der Waals surface area contributed by atoms with Gasteiger partial charge in [-0.25, -0.2) is 4.68 Å². The largest absolute Gasteiger partial charge is 0.284 e. The van der Waals surface area contributed by atoms with Gasteiger partial charge in [-0.2, -0.15) is 0 Å². The number of aryl methyl sites for hydroxylation is 1. The minimum Gasteiger partial charge on any atom is -0.284 e. The first-order chi connectivity index (χ1) is 7.78. The zero-order valence-corrected chi connectivity index (χ0v) is 10.4. The fourth-order valence-corrected chi connectivity index (χ4v) is 2.19. The quantitative estimate of drug-likeness (QED) is 0.780. The van der Waals surface area contributed by atoms with Crippen LogP contribution in [0.3, 0.4) is 0 Å². The normalized spacial score (nSPS) is 19.1. The highest BCUT2D eigenvalue weighted by atomic mass is 15.5. The molecule has 0 bridgehead atoms. The molecule has 0 aliphatic carbocycles. The van der Waals surface area contributed by atoms with Gasteiger partial charge in [0.1, 0.15) is 0 Å². The standard InChI is InChI=1S/C12H22N4/c1-3-4-12-9-16(14-13-12)10-15-7-5-11(2)6-8-15/h9,11H,3-8,10H2,1-2H3. The summed E-state index contributed by atoms with van der Waals surface area (Å²) in [6, 6.07) is 0. The van der Waals surface area contributed by atoms with E-state index in [1.807, 2.05) is 4.68 Å². The summed E-state index contributed by atoms with van der Waals surface area (Å²) < 4.78 is 1.97. The molecule has 90 valence electrons. The Hall–Kier alpha value is -0.900. The third kappa shape index (κ3) is 3.04. The van der Waals surface area contributed by atoms with Crippen molar-refractivity contribution < 1.29 is 0 Å². The Morgan fingerprint density at radius 3 is 2.81 bits per heavy atom. The molecule has 4 nitrogen and oxygen atoms in total. The minimum atomic E-state index is 0.891. The van der Waals surface area contributed by atoms with E-state index in [0.29, 0.717) is 0 Å². The fraction of sp³-hybridized carbons (Fsp3) is 0.833. The smallest absolute Gasteiger partial charge is 0.0946 e. The maximum absolute atomic E-state index is 4.17. The number of likely N-dealkylation sites (tertiary alicyclic amines) is 1. The van der Waals surface area contributed by atoms with Crippen LogP contribution in [0, 0.1) is 5.92 Å². The van der Waals surface area contributed by atoms with Crippen molar-refractivity contribution in [1.29, 1.82) is 0 Å². The summed E-state index contributed by atoms with van der Waals surface area (Å²) in [5.74, 6) is 0.891. The predicted molar refractivity (Wildman–Crippen MR) is 64.0 cm³/mol. The van der Waals surface area contributed by atoms with Gasteiger partial charge in [-0.05, 0) is 25.2 Å². The van der Waals surface area contributed by atoms with Crippen LogP contribution in [0.2, 0.25) is 0 Å². The number of hydrogen-bond donors (Lipinski definition) is 0. The number of aromatic nitrogens is 3. The second-order valence-corrected chi connectivity index (χ2v) is 4.94. The lowest BCUT2D eigenvalue weighted by atomic mass is 10.00. The molecule has 0 atom stereocenters. The first-order valence-corrected chi connectivity index (χ1v) is 6.39. The van der Waals surface area contributed by atoms with Crippen molar-refractivity contribution in [3.8, 4) is 0 Å². The van der Waals surface area contributed by atoms with Gasteiger partial charge in [0.2, 0.25) is 0 Å². The Labute approximate surface area is 97.6 Å². The van der Waals surface area contributed by atoms with E-state index in [0.717, 1.165) is 31.1 Å². The average Bonchev–Trinajstić information content (AvgIpc) is 2.70. The van der Waals surface area contributed by atoms with E-state index in [1.165, 1.54) is 25.9 Å². The van der Waals surface area contributed by atoms with E-state index in [2.05, 4.69) is 35.3 Å². The van der Waals surface area contributed by atoms with Crippen molar-refractivity contribution in [2.45, 2.75) is 46.2 Å². The van der Waals surface area contributed by atoms with Gasteiger partial charge < -0.3 is 0 Å². The van der Waals surface area contributed by atoms with Gasteiger partial charge in [0, 0.05) is 19.3 Å². The van der Waals surface area contributed by atoms with Crippen molar-refractivity contribution in [1.82, 2.24) is 19.9 Å². The summed E-state index contributed by atoms with van der Waals surface area (Å²) in [6.45, 7) is 7.81. The molecule has 0 N–H and O–H groups in total. The van der Waals surface area contributed by atoms with Gasteiger partial charge in [0.25, 0.3) is 0 Å². The highest BCUT2D eigenvalue weighted by Crippen LogP contribution is 2.16. The van der Waals surface area contributed by atoms with Crippen LogP contribution >= 0.6 is 0 Å². The highest BCUT2D eigenvalue weighted by Gasteiger charge is 2.15. The van der Waals surface area contributed by atoms with E-state index in [1.54, 1.807) is 0 Å². The maximum atomic E-state index is 4.17. The van der Waals surface area contributed by atoms with Crippen LogP contribution in [0.5, 0.6) is 0 Å². The fourth-order valence-electron chi connectivity index (χ4n) is 2.19. The molecular weight excluding hydrogens is 200 g/mol. The Morgan fingerprint density at radius 1 is 1.38 bits per heavy atom. The number of hydrogen-bond acceptors (Lipinski definition) is 3. The van der Waals surface area contributed by atoms with E-state index < -0.39 is 0 Å². The van der Waals surface area contributed by atoms with Gasteiger partial charge in [0.05, 0.1) is 12.4 Å². The summed E-state index contributed by atoms with van der Waals surface area (Å²) in [5.41, 5.74) is 1.12. The van der Waals surface area contributed by atoms with Crippen LogP contribution in [0.4, 0.5) is 0 Å². The molecule has 0 amide bonds. The zero-order valence-electron chi connectivity index (χ0n) is 10.4. The molecular formula is C12H22N4. The van der Waals surface area contributed by atoms with Gasteiger partial charge in [0.15, 0.2) is 0 Å². The van der Waals surface area contributed by atoms with Gasteiger partial charge >= 0.3 is 0 Å². The van der Waals surface area contributed by atoms with Crippen LogP contribution in [0.1, 0.15) is 38.8 Å². The van der Waals surface area contributed by atoms with Crippen molar-refractivity contribution >= 4 is 0 Å². The van der Waals surface area contributed by atoms with Crippen molar-refractivity contribution in [3.63, 3.8) is 0 Å². The second kappa shape index (κ2) is 5.43. The lowest BCUT2D eigenvalue weighted by molar-refractivity contribution is 0.146. The average molecular weight is 222 g/mol. The summed E-state index contributed by atoms with van der Waals surface area (Å²) in [4.78, 5) is 2.46. The Kier molecular flexibility index (Phi) is 3.93. The van der Waals surface area contributed by atoms with E-state index in [4.69, 9.17) is 0 Å². The third-order valence-electron chi connectivity index (χ3n) is 3.31. The SMILES string of the molecule is CCCc1cn(CN2CCC(C)CC2)nn1. The molecule has 1 aliphatic heterocycles. The summed E-state index contributed by atoms with van der Waals surface area (Å²) >= 11 is 0. The molecule has 1 fully saturated rings. The van der Waals surface area contributed by atoms with Crippen molar-refractivity contribution in [2.75, 3.05) is 13.1 Å². The number of piperidine rings is 1. The van der Waals surface area contributed by atoms with Crippen LogP contribution < -0.4 is 0 Å². The first-order valence-electron chi connectivity index (χ1n) is 6.39. The zero-order chi connectivity index (χ0) is 11.4. The Balaban J connectivity index is 1.83. The molecule has 0 saturated carbocycles. The third-order valence-corrected chi connectivity index (χ3v) is 3.31. The van der Waals surface area contributed by atoms with E-state index in [-0.39, 0.29) is 0 Å². The maximum Gasteiger partial charge on any atom is 0.0946 e. The lowest BCUT2D eigenvalue weighted by Gasteiger charge is -2.29. The molecule has 4 heteroatoms. The van der Waals surface area contributed by atoms with Gasteiger partial charge in [-0.1, -0.05) is 25.5 Å². The molecule has 0 radical (unpaired) electrons. The summed E-state index contributed by atoms with van der Waals surface area (Å²) in [5, 5.41) is 8.35. The molecule has 2 rings (SSSR count). The molecule has 0 aromatic carbocycles. The van der Waals surface area contributed by atoms with E-state index in [9.17, 15) is 0 Å². The number of nitrogens with zero attached hydrogens (tertiary/aromatic N) is 4. The monoisotopic (exact) mass is 222 g/mol. The van der Waals surface area contributed by atoms with Crippen LogP contribution in [-0.2, 0) is 13.1 Å². The van der Waals surface area contributed by atoms with Crippen molar-refractivity contribution in [2.24, 2.45) is 5.92 Å².